The number of hydrogen-bond donors (Lipinski definition) is 0. The summed E-state index contributed by atoms with van der Waals surface area (Å²) in [4.78, 5) is 16.5. The Balaban J connectivity index is 1.76. The van der Waals surface area contributed by atoms with Crippen molar-refractivity contribution in [3.63, 3.8) is 0 Å². The van der Waals surface area contributed by atoms with Gasteiger partial charge in [-0.25, -0.2) is 0 Å². The van der Waals surface area contributed by atoms with Gasteiger partial charge in [0.2, 0.25) is 0 Å². The topological polar surface area (TPSA) is 50.1 Å². The molecule has 0 N–H and O–H groups in total. The van der Waals surface area contributed by atoms with Gasteiger partial charge in [0, 0.05) is 0 Å². The fourth-order valence-corrected chi connectivity index (χ4v) is 6.28. The zero-order chi connectivity index (χ0) is 20.1. The van der Waals surface area contributed by atoms with Gasteiger partial charge in [-0.3, -0.25) is 0 Å². The van der Waals surface area contributed by atoms with Crippen LogP contribution in [-0.2, 0) is 7.05 Å². The Labute approximate surface area is 173 Å². The quantitative estimate of drug-likeness (QED) is 0.185. The molecule has 0 unspecified atom stereocenters. The Morgan fingerprint density at radius 2 is 1.86 bits per heavy atom. The molecule has 2 heterocycles. The average molecular weight is 438 g/mol. The second-order valence-corrected chi connectivity index (χ2v) is 9.05. The van der Waals surface area contributed by atoms with Crippen LogP contribution in [0.5, 0.6) is 0 Å². The molecule has 136 valence electrons. The Hall–Kier alpha value is -3.63. The molecule has 0 amide bonds. The number of fused-ring (bicyclic) bond motifs is 4. The van der Waals surface area contributed by atoms with Gasteiger partial charge in [-0.1, -0.05) is 0 Å². The Kier molecular flexibility index (Phi) is 3.89. The number of benzene rings is 2. The van der Waals surface area contributed by atoms with Crippen molar-refractivity contribution in [2.24, 2.45) is 7.05 Å². The van der Waals surface area contributed by atoms with E-state index in [1.807, 2.05) is 42.5 Å². The molecule has 4 aromatic rings. The molecule has 5 heteroatoms. The van der Waals surface area contributed by atoms with Crippen LogP contribution in [0.25, 0.3) is 37.2 Å². The Bertz CT molecular complexity index is 1480. The number of rotatable bonds is 1. The average Bonchev–Trinajstić information content (AvgIpc) is 3.37. The first-order valence-corrected chi connectivity index (χ1v) is 10.7. The van der Waals surface area contributed by atoms with Crippen LogP contribution in [0.3, 0.4) is 0 Å². The van der Waals surface area contributed by atoms with Crippen molar-refractivity contribution in [1.29, 1.82) is 5.26 Å². The summed E-state index contributed by atoms with van der Waals surface area (Å²) in [5.74, 6) is -0.121. The molecular weight excluding hydrogens is 425 g/mol. The summed E-state index contributed by atoms with van der Waals surface area (Å²) in [5.41, 5.74) is 3.30. The Morgan fingerprint density at radius 3 is 2.62 bits per heavy atom. The number of carbonyl (C=O) groups is 1. The number of aromatic nitrogens is 1. The van der Waals surface area contributed by atoms with E-state index >= 15 is 0 Å². The van der Waals surface area contributed by atoms with Crippen LogP contribution in [0.15, 0.2) is 65.9 Å². The molecule has 0 radical (unpaired) electrons. The van der Waals surface area contributed by atoms with Crippen LogP contribution in [0, 0.1) is 17.9 Å². The van der Waals surface area contributed by atoms with Gasteiger partial charge in [0.15, 0.2) is 0 Å². The second kappa shape index (κ2) is 6.47. The van der Waals surface area contributed by atoms with Crippen LogP contribution in [0.4, 0.5) is 0 Å². The van der Waals surface area contributed by atoms with Crippen molar-refractivity contribution in [2.45, 2.75) is 0 Å². The maximum absolute atomic E-state index is 13.1. The first-order chi connectivity index (χ1) is 14.1. The van der Waals surface area contributed by atoms with Gasteiger partial charge in [-0.05, 0) is 0 Å². The van der Waals surface area contributed by atoms with Gasteiger partial charge < -0.3 is 0 Å². The van der Waals surface area contributed by atoms with Crippen LogP contribution in [-0.4, -0.2) is 24.9 Å². The van der Waals surface area contributed by atoms with Gasteiger partial charge in [-0.2, -0.15) is 0 Å². The van der Waals surface area contributed by atoms with E-state index in [9.17, 15) is 10.1 Å². The first-order valence-electron chi connectivity index (χ1n) is 8.99. The molecule has 1 aliphatic rings. The van der Waals surface area contributed by atoms with Gasteiger partial charge in [0.05, 0.1) is 0 Å². The second-order valence-electron chi connectivity index (χ2n) is 6.82. The number of para-hydroxylation sites is 1. The Morgan fingerprint density at radius 1 is 1.14 bits per heavy atom. The molecule has 0 saturated carbocycles. The molecule has 4 nitrogen and oxygen atoms in total. The summed E-state index contributed by atoms with van der Waals surface area (Å²) in [6.07, 6.45) is 1.88. The summed E-state index contributed by atoms with van der Waals surface area (Å²) < 4.78 is 4.55. The van der Waals surface area contributed by atoms with E-state index in [1.165, 1.54) is 20.7 Å². The number of hydrogen-bond acceptors (Lipinski definition) is 2. The molecule has 0 saturated heterocycles. The predicted octanol–water partition coefficient (Wildman–Crippen LogP) is 4.82. The number of Topliss-reactive ketones (excluding diaryl/α,β-unsaturated/α-hetero) is 1. The first kappa shape index (κ1) is 17.5. The van der Waals surface area contributed by atoms with E-state index in [0.717, 1.165) is 4.44 Å². The molecule has 2 aromatic carbocycles. The van der Waals surface area contributed by atoms with Crippen molar-refractivity contribution in [2.75, 3.05) is 0 Å². The maximum atomic E-state index is 13.1. The third-order valence-electron chi connectivity index (χ3n) is 5.29. The summed E-state index contributed by atoms with van der Waals surface area (Å²) in [7, 11) is 2.07. The summed E-state index contributed by atoms with van der Waals surface area (Å²) >= 11 is 0.0428. The molecule has 5 rings (SSSR count). The predicted molar refractivity (Wildman–Crippen MR) is 115 cm³/mol. The van der Waals surface area contributed by atoms with Crippen molar-refractivity contribution < 1.29 is 4.79 Å². The summed E-state index contributed by atoms with van der Waals surface area (Å²) in [6.45, 7) is 7.40. The SMILES string of the molecule is [C-]#[N+]/C(C#N)=C1\C(=C\c2cc3c4ccccc4n(C)c3[se]2)C(=O)c2ccccc21. The van der Waals surface area contributed by atoms with Crippen molar-refractivity contribution in [1.82, 2.24) is 4.57 Å². The van der Waals surface area contributed by atoms with E-state index in [-0.39, 0.29) is 26.0 Å². The molecule has 2 aromatic heterocycles. The minimum absolute atomic E-state index is 0.0383. The third kappa shape index (κ3) is 2.46. The summed E-state index contributed by atoms with van der Waals surface area (Å²) in [6, 6.07) is 19.6. The van der Waals surface area contributed by atoms with E-state index in [2.05, 4.69) is 34.7 Å². The zero-order valence-corrected chi connectivity index (χ0v) is 17.1. The molecule has 0 bridgehead atoms. The minimum atomic E-state index is -0.121. The van der Waals surface area contributed by atoms with Gasteiger partial charge in [0.1, 0.15) is 0 Å². The van der Waals surface area contributed by atoms with E-state index in [4.69, 9.17) is 6.57 Å². The number of allylic oxidation sites excluding steroid dienone is 3. The van der Waals surface area contributed by atoms with Crippen molar-refractivity contribution in [3.8, 4) is 6.07 Å². The third-order valence-corrected chi connectivity index (χ3v) is 7.72. The van der Waals surface area contributed by atoms with Gasteiger partial charge in [-0.15, -0.1) is 0 Å². The fraction of sp³-hybridized carbons (Fsp3) is 0.0417. The van der Waals surface area contributed by atoms with Gasteiger partial charge >= 0.3 is 173 Å². The van der Waals surface area contributed by atoms with E-state index in [0.29, 0.717) is 22.3 Å². The number of ketones is 1. The number of carbonyl (C=O) groups excluding carboxylic acids is 1. The van der Waals surface area contributed by atoms with Crippen LogP contribution in [0.2, 0.25) is 0 Å². The molecule has 0 fully saturated rings. The van der Waals surface area contributed by atoms with Crippen LogP contribution in [0.1, 0.15) is 20.4 Å². The standard InChI is InChI=1S/C24H13N3OSe/c1-26-20(13-25)22-16-8-3-4-9-17(16)23(28)19(22)12-14-11-18-15-7-5-6-10-21(15)27(2)24(18)29-14/h3-12H,2H3/b19-12-,22-20-. The normalized spacial score (nSPS) is 16.2. The molecule has 0 spiro atoms. The molecule has 29 heavy (non-hydrogen) atoms. The van der Waals surface area contributed by atoms with E-state index < -0.39 is 0 Å². The van der Waals surface area contributed by atoms with Crippen LogP contribution >= 0.6 is 0 Å². The van der Waals surface area contributed by atoms with Crippen molar-refractivity contribution in [3.05, 3.63) is 92.8 Å². The molecular formula is C24H13N3OSe. The van der Waals surface area contributed by atoms with Gasteiger partial charge in [0.25, 0.3) is 0 Å². The molecule has 0 aliphatic heterocycles. The van der Waals surface area contributed by atoms with Crippen molar-refractivity contribution >= 4 is 52.6 Å². The summed E-state index contributed by atoms with van der Waals surface area (Å²) in [5, 5.41) is 11.9. The molecule has 0 atom stereocenters. The number of aryl methyl sites for hydroxylation is 1. The monoisotopic (exact) mass is 439 g/mol. The fourth-order valence-electron chi connectivity index (χ4n) is 3.99. The van der Waals surface area contributed by atoms with E-state index in [1.54, 1.807) is 6.07 Å². The number of nitrogens with zero attached hydrogens (tertiary/aromatic N) is 3. The zero-order valence-electron chi connectivity index (χ0n) is 15.4. The van der Waals surface area contributed by atoms with Crippen LogP contribution < -0.4 is 0 Å². The number of nitriles is 1. The molecule has 1 aliphatic carbocycles.